The fraction of sp³-hybridized carbons (Fsp3) is 0.222. The lowest BCUT2D eigenvalue weighted by Crippen LogP contribution is -2.23. The Bertz CT molecular complexity index is 830. The highest BCUT2D eigenvalue weighted by atomic mass is 15.1. The maximum Gasteiger partial charge on any atom is 0.193 e. The zero-order valence-electron chi connectivity index (χ0n) is 13.5. The van der Waals surface area contributed by atoms with Crippen LogP contribution in [-0.4, -0.2) is 22.1 Å². The van der Waals surface area contributed by atoms with Crippen LogP contribution in [0.2, 0.25) is 0 Å². The normalized spacial score (nSPS) is 11.8. The van der Waals surface area contributed by atoms with Gasteiger partial charge in [0, 0.05) is 12.2 Å². The molecule has 3 N–H and O–H groups in total. The van der Waals surface area contributed by atoms with Crippen molar-refractivity contribution >= 4 is 22.7 Å². The molecule has 0 aliphatic rings. The minimum absolute atomic E-state index is 0.427. The highest BCUT2D eigenvalue weighted by molar-refractivity contribution is 5.92. The summed E-state index contributed by atoms with van der Waals surface area (Å²) in [6.45, 7) is 5.42. The lowest BCUT2D eigenvalue weighted by Gasteiger charge is -2.07. The van der Waals surface area contributed by atoms with Gasteiger partial charge < -0.3 is 15.6 Å². The van der Waals surface area contributed by atoms with Crippen molar-refractivity contribution < 1.29 is 0 Å². The number of aliphatic imine (C=N–C) groups is 1. The number of fused-ring (bicyclic) bond motifs is 1. The number of aryl methyl sites for hydroxylation is 2. The third kappa shape index (κ3) is 3.51. The summed E-state index contributed by atoms with van der Waals surface area (Å²) in [5.41, 5.74) is 10.3. The van der Waals surface area contributed by atoms with Crippen LogP contribution in [0.4, 0.5) is 5.69 Å². The molecule has 3 rings (SSSR count). The van der Waals surface area contributed by atoms with Crippen molar-refractivity contribution in [1.29, 1.82) is 0 Å². The number of nitrogens with one attached hydrogen (secondary N) is 1. The molecule has 0 aliphatic heterocycles. The van der Waals surface area contributed by atoms with E-state index in [9.17, 15) is 0 Å². The first kappa shape index (κ1) is 15.1. The van der Waals surface area contributed by atoms with E-state index in [-0.39, 0.29) is 0 Å². The van der Waals surface area contributed by atoms with Gasteiger partial charge in [-0.2, -0.15) is 0 Å². The fourth-order valence-electron chi connectivity index (χ4n) is 2.57. The van der Waals surface area contributed by atoms with Crippen molar-refractivity contribution in [2.24, 2.45) is 10.7 Å². The number of anilines is 1. The summed E-state index contributed by atoms with van der Waals surface area (Å²) in [5.74, 6) is 1.42. The molecule has 0 radical (unpaired) electrons. The van der Waals surface area contributed by atoms with E-state index in [1.807, 2.05) is 49.4 Å². The first-order chi connectivity index (χ1) is 11.1. The highest BCUT2D eigenvalue weighted by Gasteiger charge is 2.05. The molecule has 0 aliphatic carbocycles. The molecule has 0 saturated carbocycles. The molecule has 0 amide bonds. The smallest absolute Gasteiger partial charge is 0.193 e. The average molecular weight is 307 g/mol. The predicted octanol–water partition coefficient (Wildman–Crippen LogP) is 3.08. The highest BCUT2D eigenvalue weighted by Crippen LogP contribution is 2.15. The number of benzene rings is 2. The quantitative estimate of drug-likeness (QED) is 0.575. The number of aromatic nitrogens is 2. The van der Waals surface area contributed by atoms with Crippen LogP contribution in [0.15, 0.2) is 53.5 Å². The van der Waals surface area contributed by atoms with Crippen molar-refractivity contribution in [3.8, 4) is 0 Å². The number of guanidine groups is 1. The molecule has 0 spiro atoms. The molecule has 0 fully saturated rings. The van der Waals surface area contributed by atoms with Crippen molar-refractivity contribution in [2.45, 2.75) is 20.4 Å². The summed E-state index contributed by atoms with van der Waals surface area (Å²) in [4.78, 5) is 8.95. The van der Waals surface area contributed by atoms with E-state index in [1.54, 1.807) is 0 Å². The Morgan fingerprint density at radius 1 is 1.13 bits per heavy atom. The van der Waals surface area contributed by atoms with E-state index in [1.165, 1.54) is 5.56 Å². The van der Waals surface area contributed by atoms with E-state index in [0.29, 0.717) is 12.5 Å². The summed E-state index contributed by atoms with van der Waals surface area (Å²) in [5, 5.41) is 3.10. The third-order valence-electron chi connectivity index (χ3n) is 3.78. The van der Waals surface area contributed by atoms with E-state index < -0.39 is 0 Å². The second-order valence-corrected chi connectivity index (χ2v) is 5.56. The van der Waals surface area contributed by atoms with E-state index in [0.717, 1.165) is 29.1 Å². The third-order valence-corrected chi connectivity index (χ3v) is 3.78. The van der Waals surface area contributed by atoms with Gasteiger partial charge in [0.05, 0.1) is 17.6 Å². The molecule has 0 bridgehead atoms. The number of rotatable bonds is 4. The zero-order valence-corrected chi connectivity index (χ0v) is 13.5. The molecule has 5 heteroatoms. The summed E-state index contributed by atoms with van der Waals surface area (Å²) in [6, 6.07) is 16.2. The first-order valence-corrected chi connectivity index (χ1v) is 7.69. The SMILES string of the molecule is Cc1ccc(NC(N)=NCCn2c(C)nc3ccccc32)cc1. The number of nitrogens with two attached hydrogens (primary N) is 1. The fourth-order valence-corrected chi connectivity index (χ4v) is 2.57. The molecule has 118 valence electrons. The monoisotopic (exact) mass is 307 g/mol. The summed E-state index contributed by atoms with van der Waals surface area (Å²) >= 11 is 0. The standard InChI is InChI=1S/C18H21N5/c1-13-7-9-15(10-8-13)22-18(19)20-11-12-23-14(2)21-16-5-3-4-6-17(16)23/h3-10H,11-12H2,1-2H3,(H3,19,20,22). The Kier molecular flexibility index (Phi) is 4.28. The Hall–Kier alpha value is -2.82. The van der Waals surface area contributed by atoms with Crippen LogP contribution >= 0.6 is 0 Å². The predicted molar refractivity (Wildman–Crippen MR) is 95.8 cm³/mol. The number of hydrogen-bond acceptors (Lipinski definition) is 2. The largest absolute Gasteiger partial charge is 0.370 e. The van der Waals surface area contributed by atoms with E-state index >= 15 is 0 Å². The van der Waals surface area contributed by atoms with Gasteiger partial charge in [-0.1, -0.05) is 29.8 Å². The molecule has 0 saturated heterocycles. The minimum Gasteiger partial charge on any atom is -0.370 e. The van der Waals surface area contributed by atoms with Gasteiger partial charge >= 0.3 is 0 Å². The maximum absolute atomic E-state index is 5.95. The van der Waals surface area contributed by atoms with Crippen molar-refractivity contribution in [3.63, 3.8) is 0 Å². The minimum atomic E-state index is 0.427. The summed E-state index contributed by atoms with van der Waals surface area (Å²) in [6.07, 6.45) is 0. The number of imidazole rings is 1. The maximum atomic E-state index is 5.95. The van der Waals surface area contributed by atoms with Crippen LogP contribution < -0.4 is 11.1 Å². The molecule has 23 heavy (non-hydrogen) atoms. The Morgan fingerprint density at radius 2 is 1.87 bits per heavy atom. The number of hydrogen-bond donors (Lipinski definition) is 2. The van der Waals surface area contributed by atoms with Crippen LogP contribution in [0, 0.1) is 13.8 Å². The van der Waals surface area contributed by atoms with Gasteiger partial charge in [0.15, 0.2) is 5.96 Å². The van der Waals surface area contributed by atoms with Gasteiger partial charge in [-0.25, -0.2) is 4.98 Å². The molecule has 5 nitrogen and oxygen atoms in total. The molecule has 3 aromatic rings. The molecule has 2 aromatic carbocycles. The van der Waals surface area contributed by atoms with Crippen LogP contribution in [0.5, 0.6) is 0 Å². The lowest BCUT2D eigenvalue weighted by molar-refractivity contribution is 0.704. The van der Waals surface area contributed by atoms with E-state index in [2.05, 4.69) is 32.9 Å². The Balaban J connectivity index is 1.65. The average Bonchev–Trinajstić information content (AvgIpc) is 2.86. The topological polar surface area (TPSA) is 68.2 Å². The number of para-hydroxylation sites is 2. The van der Waals surface area contributed by atoms with Crippen molar-refractivity contribution in [2.75, 3.05) is 11.9 Å². The van der Waals surface area contributed by atoms with Gasteiger partial charge in [0.1, 0.15) is 5.82 Å². The van der Waals surface area contributed by atoms with Crippen LogP contribution in [0.25, 0.3) is 11.0 Å². The Labute approximate surface area is 135 Å². The summed E-state index contributed by atoms with van der Waals surface area (Å²) in [7, 11) is 0. The van der Waals surface area contributed by atoms with Crippen molar-refractivity contribution in [1.82, 2.24) is 9.55 Å². The second-order valence-electron chi connectivity index (χ2n) is 5.56. The van der Waals surface area contributed by atoms with Gasteiger partial charge in [-0.3, -0.25) is 4.99 Å². The van der Waals surface area contributed by atoms with Gasteiger partial charge in [-0.15, -0.1) is 0 Å². The lowest BCUT2D eigenvalue weighted by atomic mass is 10.2. The van der Waals surface area contributed by atoms with Crippen LogP contribution in [-0.2, 0) is 6.54 Å². The molecular formula is C18H21N5. The molecule has 0 atom stereocenters. The number of nitrogens with zero attached hydrogens (tertiary/aromatic N) is 3. The van der Waals surface area contributed by atoms with E-state index in [4.69, 9.17) is 5.73 Å². The van der Waals surface area contributed by atoms with Crippen molar-refractivity contribution in [3.05, 3.63) is 59.9 Å². The molecule has 0 unspecified atom stereocenters. The zero-order chi connectivity index (χ0) is 16.2. The van der Waals surface area contributed by atoms with Crippen LogP contribution in [0.1, 0.15) is 11.4 Å². The Morgan fingerprint density at radius 3 is 2.65 bits per heavy atom. The summed E-state index contributed by atoms with van der Waals surface area (Å²) < 4.78 is 2.16. The molecular weight excluding hydrogens is 286 g/mol. The van der Waals surface area contributed by atoms with Crippen LogP contribution in [0.3, 0.4) is 0 Å². The second kappa shape index (κ2) is 6.52. The molecule has 1 heterocycles. The van der Waals surface area contributed by atoms with Gasteiger partial charge in [0.2, 0.25) is 0 Å². The van der Waals surface area contributed by atoms with Gasteiger partial charge in [-0.05, 0) is 38.1 Å². The first-order valence-electron chi connectivity index (χ1n) is 7.69. The molecule has 1 aromatic heterocycles. The van der Waals surface area contributed by atoms with Gasteiger partial charge in [0.25, 0.3) is 0 Å².